The van der Waals surface area contributed by atoms with Crippen molar-refractivity contribution in [2.75, 3.05) is 0 Å². The average molecular weight is 251 g/mol. The third kappa shape index (κ3) is 2.29. The molecule has 0 bridgehead atoms. The Hall–Kier alpha value is -1.87. The molecule has 0 radical (unpaired) electrons. The maximum absolute atomic E-state index is 13.2. The molecule has 0 spiro atoms. The van der Waals surface area contributed by atoms with Crippen LogP contribution in [-0.2, 0) is 0 Å². The molecule has 2 aromatic carbocycles. The zero-order valence-corrected chi connectivity index (χ0v) is 9.41. The van der Waals surface area contributed by atoms with Crippen LogP contribution in [0, 0.1) is 5.82 Å². The van der Waals surface area contributed by atoms with Gasteiger partial charge >= 0.3 is 5.97 Å². The molecule has 2 rings (SSSR count). The molecular weight excluding hydrogens is 243 g/mol. The van der Waals surface area contributed by atoms with Crippen LogP contribution < -0.4 is 0 Å². The van der Waals surface area contributed by atoms with Gasteiger partial charge in [-0.2, -0.15) is 0 Å². The monoisotopic (exact) mass is 250 g/mol. The van der Waals surface area contributed by atoms with E-state index >= 15 is 0 Å². The molecule has 0 aliphatic rings. The SMILES string of the molecule is O=C(O)c1ccccc1-c1cc(F)ccc1Cl. The summed E-state index contributed by atoms with van der Waals surface area (Å²) in [4.78, 5) is 11.1. The predicted molar refractivity (Wildman–Crippen MR) is 63.8 cm³/mol. The van der Waals surface area contributed by atoms with Crippen LogP contribution in [0.15, 0.2) is 42.5 Å². The van der Waals surface area contributed by atoms with Crippen LogP contribution in [0.1, 0.15) is 10.4 Å². The number of hydrogen-bond acceptors (Lipinski definition) is 1. The maximum Gasteiger partial charge on any atom is 0.336 e. The Morgan fingerprint density at radius 2 is 1.82 bits per heavy atom. The lowest BCUT2D eigenvalue weighted by atomic mass is 9.99. The van der Waals surface area contributed by atoms with Crippen molar-refractivity contribution in [2.24, 2.45) is 0 Å². The third-order valence-corrected chi connectivity index (χ3v) is 2.71. The summed E-state index contributed by atoms with van der Waals surface area (Å²) < 4.78 is 13.2. The van der Waals surface area contributed by atoms with Gasteiger partial charge in [-0.15, -0.1) is 0 Å². The van der Waals surface area contributed by atoms with Gasteiger partial charge in [0, 0.05) is 10.6 Å². The van der Waals surface area contributed by atoms with Gasteiger partial charge in [0.25, 0.3) is 0 Å². The summed E-state index contributed by atoms with van der Waals surface area (Å²) in [5.74, 6) is -1.52. The van der Waals surface area contributed by atoms with E-state index in [1.54, 1.807) is 18.2 Å². The highest BCUT2D eigenvalue weighted by atomic mass is 35.5. The first-order chi connectivity index (χ1) is 8.09. The lowest BCUT2D eigenvalue weighted by Crippen LogP contribution is -1.99. The van der Waals surface area contributed by atoms with E-state index in [0.717, 1.165) is 0 Å². The Morgan fingerprint density at radius 1 is 1.12 bits per heavy atom. The van der Waals surface area contributed by atoms with Gasteiger partial charge in [-0.05, 0) is 29.8 Å². The average Bonchev–Trinajstić information content (AvgIpc) is 2.32. The molecule has 0 heterocycles. The zero-order chi connectivity index (χ0) is 12.4. The Morgan fingerprint density at radius 3 is 2.53 bits per heavy atom. The smallest absolute Gasteiger partial charge is 0.336 e. The first-order valence-electron chi connectivity index (χ1n) is 4.87. The minimum atomic E-state index is -1.07. The quantitative estimate of drug-likeness (QED) is 0.879. The highest BCUT2D eigenvalue weighted by molar-refractivity contribution is 6.33. The molecule has 0 saturated heterocycles. The second-order valence-electron chi connectivity index (χ2n) is 3.47. The molecule has 0 unspecified atom stereocenters. The van der Waals surface area contributed by atoms with Crippen LogP contribution in [0.4, 0.5) is 4.39 Å². The highest BCUT2D eigenvalue weighted by Crippen LogP contribution is 2.31. The van der Waals surface area contributed by atoms with Crippen LogP contribution in [-0.4, -0.2) is 11.1 Å². The molecule has 0 saturated carbocycles. The summed E-state index contributed by atoms with van der Waals surface area (Å²) in [6.45, 7) is 0. The van der Waals surface area contributed by atoms with Gasteiger partial charge < -0.3 is 5.11 Å². The minimum Gasteiger partial charge on any atom is -0.478 e. The molecule has 17 heavy (non-hydrogen) atoms. The van der Waals surface area contributed by atoms with Crippen molar-refractivity contribution in [3.8, 4) is 11.1 Å². The number of aromatic carboxylic acids is 1. The van der Waals surface area contributed by atoms with Gasteiger partial charge in [-0.1, -0.05) is 29.8 Å². The molecular formula is C13H8ClFO2. The molecule has 2 nitrogen and oxygen atoms in total. The molecule has 0 aliphatic carbocycles. The molecule has 0 aliphatic heterocycles. The van der Waals surface area contributed by atoms with E-state index in [9.17, 15) is 9.18 Å². The summed E-state index contributed by atoms with van der Waals surface area (Å²) in [6, 6.07) is 10.2. The van der Waals surface area contributed by atoms with Crippen LogP contribution in [0.5, 0.6) is 0 Å². The van der Waals surface area contributed by atoms with E-state index in [1.165, 1.54) is 24.3 Å². The number of hydrogen-bond donors (Lipinski definition) is 1. The number of carboxylic acids is 1. The number of carboxylic acid groups (broad SMARTS) is 1. The summed E-state index contributed by atoms with van der Waals surface area (Å²) >= 11 is 5.95. The lowest BCUT2D eigenvalue weighted by Gasteiger charge is -2.08. The molecule has 1 N–H and O–H groups in total. The van der Waals surface area contributed by atoms with Gasteiger partial charge in [0.1, 0.15) is 5.82 Å². The summed E-state index contributed by atoms with van der Waals surface area (Å²) in [6.07, 6.45) is 0. The summed E-state index contributed by atoms with van der Waals surface area (Å²) in [5, 5.41) is 9.37. The van der Waals surface area contributed by atoms with Gasteiger partial charge in [-0.3, -0.25) is 0 Å². The fraction of sp³-hybridized carbons (Fsp3) is 0. The molecule has 0 fully saturated rings. The lowest BCUT2D eigenvalue weighted by molar-refractivity contribution is 0.0697. The van der Waals surface area contributed by atoms with Gasteiger partial charge in [0.15, 0.2) is 0 Å². The van der Waals surface area contributed by atoms with Crippen LogP contribution in [0.25, 0.3) is 11.1 Å². The van der Waals surface area contributed by atoms with E-state index in [-0.39, 0.29) is 5.56 Å². The number of benzene rings is 2. The van der Waals surface area contributed by atoms with Crippen molar-refractivity contribution in [3.05, 3.63) is 58.9 Å². The largest absolute Gasteiger partial charge is 0.478 e. The van der Waals surface area contributed by atoms with E-state index < -0.39 is 11.8 Å². The fourth-order valence-electron chi connectivity index (χ4n) is 1.61. The molecule has 4 heteroatoms. The van der Waals surface area contributed by atoms with Gasteiger partial charge in [0.2, 0.25) is 0 Å². The van der Waals surface area contributed by atoms with Crippen molar-refractivity contribution in [1.82, 2.24) is 0 Å². The van der Waals surface area contributed by atoms with E-state index in [2.05, 4.69) is 0 Å². The van der Waals surface area contributed by atoms with Gasteiger partial charge in [-0.25, -0.2) is 9.18 Å². The fourth-order valence-corrected chi connectivity index (χ4v) is 1.83. The van der Waals surface area contributed by atoms with Crippen molar-refractivity contribution in [2.45, 2.75) is 0 Å². The second kappa shape index (κ2) is 4.55. The van der Waals surface area contributed by atoms with Crippen molar-refractivity contribution >= 4 is 17.6 Å². The number of rotatable bonds is 2. The van der Waals surface area contributed by atoms with Crippen molar-refractivity contribution < 1.29 is 14.3 Å². The van der Waals surface area contributed by atoms with E-state index in [4.69, 9.17) is 16.7 Å². The van der Waals surface area contributed by atoms with Crippen LogP contribution >= 0.6 is 11.6 Å². The summed E-state index contributed by atoms with van der Waals surface area (Å²) in [7, 11) is 0. The Bertz CT molecular complexity index is 581. The van der Waals surface area contributed by atoms with Gasteiger partial charge in [0.05, 0.1) is 5.56 Å². The number of carbonyl (C=O) groups is 1. The van der Waals surface area contributed by atoms with Crippen LogP contribution in [0.3, 0.4) is 0 Å². The molecule has 0 aromatic heterocycles. The Balaban J connectivity index is 2.68. The predicted octanol–water partition coefficient (Wildman–Crippen LogP) is 3.84. The van der Waals surface area contributed by atoms with Crippen molar-refractivity contribution in [1.29, 1.82) is 0 Å². The first-order valence-corrected chi connectivity index (χ1v) is 5.25. The number of halogens is 2. The summed E-state index contributed by atoms with van der Waals surface area (Å²) in [5.41, 5.74) is 0.883. The zero-order valence-electron chi connectivity index (χ0n) is 8.65. The second-order valence-corrected chi connectivity index (χ2v) is 3.88. The normalized spacial score (nSPS) is 10.2. The van der Waals surface area contributed by atoms with E-state index in [0.29, 0.717) is 16.1 Å². The topological polar surface area (TPSA) is 37.3 Å². The Kier molecular flexibility index (Phi) is 3.11. The van der Waals surface area contributed by atoms with Crippen molar-refractivity contribution in [3.63, 3.8) is 0 Å². The molecule has 86 valence electrons. The first kappa shape index (κ1) is 11.6. The molecule has 2 aromatic rings. The maximum atomic E-state index is 13.2. The van der Waals surface area contributed by atoms with Crippen LogP contribution in [0.2, 0.25) is 5.02 Å². The minimum absolute atomic E-state index is 0.0972. The Labute approximate surface area is 102 Å². The standard InChI is InChI=1S/C13H8ClFO2/c14-12-6-5-8(15)7-11(12)9-3-1-2-4-10(9)13(16)17/h1-7H,(H,16,17). The highest BCUT2D eigenvalue weighted by Gasteiger charge is 2.13. The third-order valence-electron chi connectivity index (χ3n) is 2.38. The molecule has 0 amide bonds. The van der Waals surface area contributed by atoms with E-state index in [1.807, 2.05) is 0 Å². The molecule has 0 atom stereocenters.